The summed E-state index contributed by atoms with van der Waals surface area (Å²) in [7, 11) is 0. The summed E-state index contributed by atoms with van der Waals surface area (Å²) in [5, 5.41) is 0. The van der Waals surface area contributed by atoms with Gasteiger partial charge in [-0.1, -0.05) is 24.3 Å². The Morgan fingerprint density at radius 1 is 1.07 bits per heavy atom. The van der Waals surface area contributed by atoms with Crippen molar-refractivity contribution in [2.24, 2.45) is 0 Å². The van der Waals surface area contributed by atoms with Gasteiger partial charge in [-0.15, -0.1) is 0 Å². The lowest BCUT2D eigenvalue weighted by molar-refractivity contribution is 0.476. The van der Waals surface area contributed by atoms with Crippen molar-refractivity contribution >= 4 is 0 Å². The number of hydrogen-bond donors (Lipinski definition) is 0. The van der Waals surface area contributed by atoms with Gasteiger partial charge in [-0.05, 0) is 18.2 Å². The molecule has 69 valence electrons. The molecule has 0 saturated heterocycles. The molecule has 14 heavy (non-hydrogen) atoms. The molecule has 0 aliphatic heterocycles. The fourth-order valence-electron chi connectivity index (χ4n) is 1.10. The molecule has 2 aromatic rings. The summed E-state index contributed by atoms with van der Waals surface area (Å²) < 4.78 is 18.1. The smallest absolute Gasteiger partial charge is 0.135 e. The monoisotopic (exact) mass is 187 g/mol. The Hall–Kier alpha value is -1.83. The van der Waals surface area contributed by atoms with E-state index in [1.807, 2.05) is 12.1 Å². The summed E-state index contributed by atoms with van der Waals surface area (Å²) in [6.45, 7) is 0. The zero-order valence-corrected chi connectivity index (χ0v) is 7.41. The second kappa shape index (κ2) is 3.92. The molecule has 0 aliphatic rings. The Balaban J connectivity index is 2.19. The van der Waals surface area contributed by atoms with E-state index in [1.165, 1.54) is 12.1 Å². The van der Waals surface area contributed by atoms with Crippen LogP contribution in [0.3, 0.4) is 0 Å². The minimum absolute atomic E-state index is 0.307. The van der Waals surface area contributed by atoms with Crippen molar-refractivity contribution in [3.05, 3.63) is 60.4 Å². The molecule has 0 N–H and O–H groups in total. The van der Waals surface area contributed by atoms with E-state index in [9.17, 15) is 4.39 Å². The molecular weight excluding hydrogens is 179 g/mol. The molecule has 2 aromatic carbocycles. The molecule has 1 nitrogen and oxygen atoms in total. The number of hydrogen-bond acceptors (Lipinski definition) is 1. The van der Waals surface area contributed by atoms with Crippen LogP contribution in [0.15, 0.2) is 48.5 Å². The molecule has 0 unspecified atom stereocenters. The molecule has 0 amide bonds. The molecule has 0 fully saturated rings. The maximum atomic E-state index is 12.8. The van der Waals surface area contributed by atoms with E-state index in [0.717, 1.165) is 0 Å². The topological polar surface area (TPSA) is 9.23 Å². The van der Waals surface area contributed by atoms with Crippen LogP contribution in [-0.2, 0) is 0 Å². The van der Waals surface area contributed by atoms with Crippen LogP contribution in [0.25, 0.3) is 0 Å². The standard InChI is InChI=1S/C12H8FO/c13-10-5-4-8-12(9-10)14-11-6-2-1-3-7-11/h1-6,8-9H. The predicted octanol–water partition coefficient (Wildman–Crippen LogP) is 3.42. The van der Waals surface area contributed by atoms with Crippen LogP contribution in [0.4, 0.5) is 4.39 Å². The van der Waals surface area contributed by atoms with Crippen LogP contribution in [0.2, 0.25) is 0 Å². The van der Waals surface area contributed by atoms with Gasteiger partial charge in [0.25, 0.3) is 0 Å². The normalized spacial score (nSPS) is 9.79. The van der Waals surface area contributed by atoms with Crippen LogP contribution in [0.5, 0.6) is 11.5 Å². The zero-order valence-electron chi connectivity index (χ0n) is 7.41. The third kappa shape index (κ3) is 2.10. The Kier molecular flexibility index (Phi) is 2.45. The van der Waals surface area contributed by atoms with Gasteiger partial charge in [0.15, 0.2) is 0 Å². The van der Waals surface area contributed by atoms with Gasteiger partial charge < -0.3 is 4.74 Å². The molecule has 2 heteroatoms. The molecule has 0 saturated carbocycles. The van der Waals surface area contributed by atoms with E-state index in [-0.39, 0.29) is 5.82 Å². The molecule has 2 rings (SSSR count). The molecule has 0 aliphatic carbocycles. The average Bonchev–Trinajstić information content (AvgIpc) is 2.19. The highest BCUT2D eigenvalue weighted by atomic mass is 19.1. The van der Waals surface area contributed by atoms with Crippen molar-refractivity contribution in [3.63, 3.8) is 0 Å². The summed E-state index contributed by atoms with van der Waals surface area (Å²) >= 11 is 0. The fraction of sp³-hybridized carbons (Fsp3) is 0. The zero-order chi connectivity index (χ0) is 9.80. The molecule has 0 bridgehead atoms. The van der Waals surface area contributed by atoms with Crippen molar-refractivity contribution < 1.29 is 9.13 Å². The van der Waals surface area contributed by atoms with Gasteiger partial charge in [0, 0.05) is 12.1 Å². The summed E-state index contributed by atoms with van der Waals surface area (Å²) in [5.74, 6) is 0.754. The van der Waals surface area contributed by atoms with Gasteiger partial charge in [-0.25, -0.2) is 4.39 Å². The van der Waals surface area contributed by atoms with E-state index in [0.29, 0.717) is 11.5 Å². The van der Waals surface area contributed by atoms with Gasteiger partial charge in [0.1, 0.15) is 17.3 Å². The van der Waals surface area contributed by atoms with E-state index in [1.54, 1.807) is 24.3 Å². The quantitative estimate of drug-likeness (QED) is 0.700. The van der Waals surface area contributed by atoms with Crippen LogP contribution in [-0.4, -0.2) is 0 Å². The lowest BCUT2D eigenvalue weighted by atomic mass is 10.3. The van der Waals surface area contributed by atoms with Crippen LogP contribution < -0.4 is 4.74 Å². The molecule has 0 heterocycles. The molecular formula is C12H8FO. The third-order valence-electron chi connectivity index (χ3n) is 1.70. The Morgan fingerprint density at radius 2 is 2.00 bits per heavy atom. The van der Waals surface area contributed by atoms with E-state index < -0.39 is 0 Å². The first kappa shape index (κ1) is 8.75. The van der Waals surface area contributed by atoms with Crippen molar-refractivity contribution in [2.75, 3.05) is 0 Å². The number of halogens is 1. The van der Waals surface area contributed by atoms with E-state index >= 15 is 0 Å². The first-order valence-corrected chi connectivity index (χ1v) is 4.25. The van der Waals surface area contributed by atoms with Gasteiger partial charge in [-0.3, -0.25) is 0 Å². The summed E-state index contributed by atoms with van der Waals surface area (Å²) in [5.41, 5.74) is 0. The molecule has 0 atom stereocenters. The van der Waals surface area contributed by atoms with Crippen LogP contribution in [0.1, 0.15) is 0 Å². The minimum Gasteiger partial charge on any atom is -0.457 e. The minimum atomic E-state index is -0.307. The van der Waals surface area contributed by atoms with Crippen molar-refractivity contribution in [1.82, 2.24) is 0 Å². The SMILES string of the molecule is Fc1cccc(Oc2[c]cccc2)c1. The van der Waals surface area contributed by atoms with Gasteiger partial charge in [0.05, 0.1) is 0 Å². The average molecular weight is 187 g/mol. The van der Waals surface area contributed by atoms with Gasteiger partial charge >= 0.3 is 0 Å². The summed E-state index contributed by atoms with van der Waals surface area (Å²) in [6.07, 6.45) is 0. The lowest BCUT2D eigenvalue weighted by Gasteiger charge is -2.03. The number of para-hydroxylation sites is 1. The van der Waals surface area contributed by atoms with Crippen LogP contribution in [0, 0.1) is 11.9 Å². The van der Waals surface area contributed by atoms with Gasteiger partial charge in [0.2, 0.25) is 0 Å². The van der Waals surface area contributed by atoms with E-state index in [2.05, 4.69) is 6.07 Å². The maximum Gasteiger partial charge on any atom is 0.135 e. The molecule has 0 aromatic heterocycles. The van der Waals surface area contributed by atoms with Crippen LogP contribution >= 0.6 is 0 Å². The highest BCUT2D eigenvalue weighted by Gasteiger charge is 1.97. The Morgan fingerprint density at radius 3 is 2.71 bits per heavy atom. The fourth-order valence-corrected chi connectivity index (χ4v) is 1.10. The largest absolute Gasteiger partial charge is 0.457 e. The highest BCUT2D eigenvalue weighted by Crippen LogP contribution is 2.20. The third-order valence-corrected chi connectivity index (χ3v) is 1.70. The summed E-state index contributed by atoms with van der Waals surface area (Å²) in [6, 6.07) is 16.1. The van der Waals surface area contributed by atoms with Crippen molar-refractivity contribution in [2.45, 2.75) is 0 Å². The predicted molar refractivity (Wildman–Crippen MR) is 51.8 cm³/mol. The molecule has 0 spiro atoms. The number of rotatable bonds is 2. The van der Waals surface area contributed by atoms with Crippen molar-refractivity contribution in [1.29, 1.82) is 0 Å². The first-order valence-electron chi connectivity index (χ1n) is 4.25. The van der Waals surface area contributed by atoms with E-state index in [4.69, 9.17) is 4.74 Å². The number of ether oxygens (including phenoxy) is 1. The maximum absolute atomic E-state index is 12.8. The second-order valence-corrected chi connectivity index (χ2v) is 2.79. The Labute approximate surface area is 81.8 Å². The first-order chi connectivity index (χ1) is 6.84. The van der Waals surface area contributed by atoms with Crippen molar-refractivity contribution in [3.8, 4) is 11.5 Å². The molecule has 1 radical (unpaired) electrons. The van der Waals surface area contributed by atoms with Gasteiger partial charge in [-0.2, -0.15) is 0 Å². The lowest BCUT2D eigenvalue weighted by Crippen LogP contribution is -1.84. The highest BCUT2D eigenvalue weighted by molar-refractivity contribution is 5.30. The summed E-state index contributed by atoms with van der Waals surface area (Å²) in [4.78, 5) is 0. The second-order valence-electron chi connectivity index (χ2n) is 2.79. The number of benzene rings is 2. The Bertz CT molecular complexity index is 412.